The Balaban J connectivity index is 1.58. The second-order valence-electron chi connectivity index (χ2n) is 7.09. The molecule has 2 aromatic carbocycles. The smallest absolute Gasteiger partial charge is 0.238 e. The van der Waals surface area contributed by atoms with E-state index in [-0.39, 0.29) is 11.9 Å². The molecule has 0 bridgehead atoms. The predicted octanol–water partition coefficient (Wildman–Crippen LogP) is 5.15. The van der Waals surface area contributed by atoms with Crippen LogP contribution in [-0.4, -0.2) is 28.5 Å². The van der Waals surface area contributed by atoms with E-state index >= 15 is 0 Å². The molecular weight excluding hydrogens is 393 g/mol. The fourth-order valence-corrected chi connectivity index (χ4v) is 3.99. The normalized spacial score (nSPS) is 16.6. The molecule has 144 valence electrons. The van der Waals surface area contributed by atoms with E-state index in [1.807, 2.05) is 55.5 Å². The number of halogens is 2. The summed E-state index contributed by atoms with van der Waals surface area (Å²) < 4.78 is 2.22. The van der Waals surface area contributed by atoms with Crippen LogP contribution in [0.25, 0.3) is 0 Å². The molecule has 28 heavy (non-hydrogen) atoms. The third-order valence-corrected chi connectivity index (χ3v) is 5.82. The molecule has 0 aliphatic carbocycles. The molecule has 3 aromatic rings. The first-order valence-electron chi connectivity index (χ1n) is 9.22. The van der Waals surface area contributed by atoms with Crippen molar-refractivity contribution in [3.8, 4) is 0 Å². The second kappa shape index (κ2) is 8.00. The molecule has 1 aromatic heterocycles. The number of hydrogen-bond donors (Lipinski definition) is 1. The lowest BCUT2D eigenvalue weighted by Gasteiger charge is -2.37. The van der Waals surface area contributed by atoms with Crippen LogP contribution >= 0.6 is 23.2 Å². The van der Waals surface area contributed by atoms with Gasteiger partial charge in [-0.15, -0.1) is 0 Å². The summed E-state index contributed by atoms with van der Waals surface area (Å²) in [4.78, 5) is 14.9. The van der Waals surface area contributed by atoms with Crippen molar-refractivity contribution in [3.63, 3.8) is 0 Å². The third-order valence-electron chi connectivity index (χ3n) is 5.08. The van der Waals surface area contributed by atoms with Crippen LogP contribution < -0.4 is 5.32 Å². The van der Waals surface area contributed by atoms with Crippen LogP contribution in [0.1, 0.15) is 22.9 Å². The first-order valence-corrected chi connectivity index (χ1v) is 9.97. The van der Waals surface area contributed by atoms with Gasteiger partial charge in [-0.2, -0.15) is 0 Å². The Labute approximate surface area is 174 Å². The van der Waals surface area contributed by atoms with E-state index in [0.29, 0.717) is 16.6 Å². The van der Waals surface area contributed by atoms with Crippen molar-refractivity contribution in [2.45, 2.75) is 19.5 Å². The van der Waals surface area contributed by atoms with Gasteiger partial charge in [-0.3, -0.25) is 9.69 Å². The number of benzene rings is 2. The van der Waals surface area contributed by atoms with Crippen molar-refractivity contribution >= 4 is 34.8 Å². The number of fused-ring (bicyclic) bond motifs is 1. The van der Waals surface area contributed by atoms with Gasteiger partial charge in [-0.05, 0) is 48.9 Å². The van der Waals surface area contributed by atoms with E-state index in [0.717, 1.165) is 35.6 Å². The van der Waals surface area contributed by atoms with Crippen molar-refractivity contribution in [1.29, 1.82) is 0 Å². The minimum atomic E-state index is -0.0534. The summed E-state index contributed by atoms with van der Waals surface area (Å²) in [5.74, 6) is -0.0334. The van der Waals surface area contributed by atoms with Gasteiger partial charge in [0.2, 0.25) is 5.91 Å². The maximum Gasteiger partial charge on any atom is 0.238 e. The summed E-state index contributed by atoms with van der Waals surface area (Å²) in [6, 6.07) is 17.6. The number of nitrogens with zero attached hydrogens (tertiary/aromatic N) is 2. The van der Waals surface area contributed by atoms with Crippen LogP contribution in [0.3, 0.4) is 0 Å². The molecule has 1 unspecified atom stereocenters. The average molecular weight is 414 g/mol. The molecule has 1 aliphatic rings. The Kier molecular flexibility index (Phi) is 5.44. The van der Waals surface area contributed by atoms with E-state index in [2.05, 4.69) is 27.0 Å². The monoisotopic (exact) mass is 413 g/mol. The zero-order valence-corrected chi connectivity index (χ0v) is 17.0. The number of aryl methyl sites for hydroxylation is 1. The number of rotatable bonds is 4. The molecule has 1 amide bonds. The number of carbonyl (C=O) groups is 1. The zero-order valence-electron chi connectivity index (χ0n) is 15.5. The van der Waals surface area contributed by atoms with Crippen LogP contribution in [0.2, 0.25) is 10.0 Å². The number of anilines is 1. The highest BCUT2D eigenvalue weighted by Gasteiger charge is 2.30. The van der Waals surface area contributed by atoms with Crippen molar-refractivity contribution in [1.82, 2.24) is 9.47 Å². The second-order valence-corrected chi connectivity index (χ2v) is 7.90. The van der Waals surface area contributed by atoms with E-state index in [1.165, 1.54) is 0 Å². The summed E-state index contributed by atoms with van der Waals surface area (Å²) in [7, 11) is 0. The highest BCUT2D eigenvalue weighted by Crippen LogP contribution is 2.35. The number of amides is 1. The summed E-state index contributed by atoms with van der Waals surface area (Å²) in [5.41, 5.74) is 4.14. The summed E-state index contributed by atoms with van der Waals surface area (Å²) >= 11 is 12.4. The summed E-state index contributed by atoms with van der Waals surface area (Å²) in [6.45, 7) is 3.94. The van der Waals surface area contributed by atoms with Gasteiger partial charge in [0, 0.05) is 30.7 Å². The minimum Gasteiger partial charge on any atom is -0.348 e. The van der Waals surface area contributed by atoms with E-state index in [4.69, 9.17) is 23.2 Å². The van der Waals surface area contributed by atoms with Crippen LogP contribution in [0.5, 0.6) is 0 Å². The fourth-order valence-electron chi connectivity index (χ4n) is 3.69. The highest BCUT2D eigenvalue weighted by atomic mass is 35.5. The largest absolute Gasteiger partial charge is 0.348 e. The van der Waals surface area contributed by atoms with Gasteiger partial charge < -0.3 is 9.88 Å². The Morgan fingerprint density at radius 3 is 2.61 bits per heavy atom. The highest BCUT2D eigenvalue weighted by molar-refractivity contribution is 6.42. The summed E-state index contributed by atoms with van der Waals surface area (Å²) in [5, 5.41) is 4.04. The van der Waals surface area contributed by atoms with Crippen LogP contribution in [0, 0.1) is 6.92 Å². The molecule has 4 nitrogen and oxygen atoms in total. The van der Waals surface area contributed by atoms with E-state index in [9.17, 15) is 4.79 Å². The molecular formula is C22H21Cl2N3O. The molecule has 0 saturated heterocycles. The lowest BCUT2D eigenvalue weighted by Crippen LogP contribution is -2.42. The molecule has 0 fully saturated rings. The van der Waals surface area contributed by atoms with Crippen LogP contribution in [0.15, 0.2) is 60.8 Å². The number of nitrogens with one attached hydrogen (secondary N) is 1. The first kappa shape index (κ1) is 19.1. The van der Waals surface area contributed by atoms with Gasteiger partial charge in [0.1, 0.15) is 0 Å². The Hall–Kier alpha value is -2.27. The van der Waals surface area contributed by atoms with Gasteiger partial charge in [-0.25, -0.2) is 0 Å². The van der Waals surface area contributed by atoms with Crippen LogP contribution in [0.4, 0.5) is 5.69 Å². The maximum atomic E-state index is 12.7. The molecule has 4 rings (SSSR count). The predicted molar refractivity (Wildman–Crippen MR) is 114 cm³/mol. The summed E-state index contributed by atoms with van der Waals surface area (Å²) in [6.07, 6.45) is 2.07. The van der Waals surface area contributed by atoms with E-state index < -0.39 is 0 Å². The van der Waals surface area contributed by atoms with Crippen molar-refractivity contribution in [2.75, 3.05) is 18.4 Å². The van der Waals surface area contributed by atoms with Gasteiger partial charge in [-0.1, -0.05) is 47.0 Å². The van der Waals surface area contributed by atoms with Gasteiger partial charge in [0.25, 0.3) is 0 Å². The fraction of sp³-hybridized carbons (Fsp3) is 0.227. The van der Waals surface area contributed by atoms with E-state index in [1.54, 1.807) is 0 Å². The molecule has 1 N–H and O–H groups in total. The van der Waals surface area contributed by atoms with Gasteiger partial charge in [0.15, 0.2) is 0 Å². The third kappa shape index (κ3) is 3.95. The molecule has 6 heteroatoms. The SMILES string of the molecule is Cc1ccc(NC(=O)CN2CCn3cccc3C2c2ccc(Cl)c(Cl)c2)cc1. The van der Waals surface area contributed by atoms with Crippen molar-refractivity contribution in [3.05, 3.63) is 87.7 Å². The topological polar surface area (TPSA) is 37.3 Å². The molecule has 2 heterocycles. The molecule has 0 spiro atoms. The first-order chi connectivity index (χ1) is 13.5. The zero-order chi connectivity index (χ0) is 19.7. The molecule has 0 radical (unpaired) electrons. The Morgan fingerprint density at radius 2 is 1.86 bits per heavy atom. The molecule has 1 aliphatic heterocycles. The average Bonchev–Trinajstić information content (AvgIpc) is 3.14. The maximum absolute atomic E-state index is 12.7. The lowest BCUT2D eigenvalue weighted by atomic mass is 10.00. The van der Waals surface area contributed by atoms with Gasteiger partial charge >= 0.3 is 0 Å². The number of carbonyl (C=O) groups excluding carboxylic acids is 1. The quantitative estimate of drug-likeness (QED) is 0.642. The Morgan fingerprint density at radius 1 is 1.07 bits per heavy atom. The molecule has 0 saturated carbocycles. The lowest BCUT2D eigenvalue weighted by molar-refractivity contribution is -0.117. The van der Waals surface area contributed by atoms with Crippen LogP contribution in [-0.2, 0) is 11.3 Å². The van der Waals surface area contributed by atoms with Crippen molar-refractivity contribution in [2.24, 2.45) is 0 Å². The number of aromatic nitrogens is 1. The van der Waals surface area contributed by atoms with Crippen molar-refractivity contribution < 1.29 is 4.79 Å². The molecule has 1 atom stereocenters. The minimum absolute atomic E-state index is 0.0334. The standard InChI is InChI=1S/C22H21Cl2N3O/c1-15-4-7-17(8-5-15)25-21(28)14-27-12-11-26-10-2-3-20(26)22(27)16-6-9-18(23)19(24)13-16/h2-10,13,22H,11-12,14H2,1H3,(H,25,28). The number of hydrogen-bond acceptors (Lipinski definition) is 2. The van der Waals surface area contributed by atoms with Gasteiger partial charge in [0.05, 0.1) is 22.6 Å². The Bertz CT molecular complexity index is 997.